The van der Waals surface area contributed by atoms with Crippen LogP contribution in [-0.2, 0) is 20.9 Å². The van der Waals surface area contributed by atoms with E-state index in [0.717, 1.165) is 0 Å². The number of aliphatic hydroxyl groups excluding tert-OH is 1. The fourth-order valence-electron chi connectivity index (χ4n) is 6.34. The zero-order valence-corrected chi connectivity index (χ0v) is 22.2. The van der Waals surface area contributed by atoms with Crippen molar-refractivity contribution in [2.24, 2.45) is 11.0 Å². The summed E-state index contributed by atoms with van der Waals surface area (Å²) in [5, 5.41) is 17.6. The van der Waals surface area contributed by atoms with Crippen LogP contribution in [0.3, 0.4) is 0 Å². The number of piperazine rings is 2. The van der Waals surface area contributed by atoms with Crippen LogP contribution in [0.5, 0.6) is 5.75 Å². The second-order valence-corrected chi connectivity index (χ2v) is 10.7. The van der Waals surface area contributed by atoms with Gasteiger partial charge in [-0.15, -0.1) is 0 Å². The zero-order chi connectivity index (χ0) is 27.4. The van der Waals surface area contributed by atoms with Crippen LogP contribution in [0.15, 0.2) is 34.8 Å². The maximum absolute atomic E-state index is 14.1. The molecule has 1 aromatic carbocycles. The summed E-state index contributed by atoms with van der Waals surface area (Å²) in [7, 11) is 0. The molecular weight excluding hydrogens is 507 g/mol. The molecule has 1 N–H and O–H groups in total. The lowest BCUT2D eigenvalue weighted by molar-refractivity contribution is -0.139. The molecule has 12 heteroatoms. The Bertz CT molecular complexity index is 1280. The van der Waals surface area contributed by atoms with Gasteiger partial charge in [-0.1, -0.05) is 6.07 Å². The summed E-state index contributed by atoms with van der Waals surface area (Å²) in [5.74, 6) is -1.55. The lowest BCUT2D eigenvalue weighted by atomic mass is 9.94. The van der Waals surface area contributed by atoms with Gasteiger partial charge in [-0.2, -0.15) is 5.10 Å². The first-order chi connectivity index (χ1) is 18.8. The monoisotopic (exact) mass is 540 g/mol. The number of hydrogen-bond acceptors (Lipinski definition) is 8. The molecule has 11 nitrogen and oxygen atoms in total. The summed E-state index contributed by atoms with van der Waals surface area (Å²) < 4.78 is 20.0. The summed E-state index contributed by atoms with van der Waals surface area (Å²) in [5.41, 5.74) is 0.711. The average Bonchev–Trinajstić information content (AvgIpc) is 3.24. The topological polar surface area (TPSA) is 109 Å². The molecule has 2 saturated heterocycles. The molecule has 0 aliphatic carbocycles. The van der Waals surface area contributed by atoms with Crippen LogP contribution in [0.4, 0.5) is 4.39 Å². The highest BCUT2D eigenvalue weighted by Gasteiger charge is 2.57. The number of benzene rings is 1. The highest BCUT2D eigenvalue weighted by atomic mass is 19.1. The van der Waals surface area contributed by atoms with Crippen molar-refractivity contribution >= 4 is 23.6 Å². The predicted octanol–water partition coefficient (Wildman–Crippen LogP) is 1.12. The van der Waals surface area contributed by atoms with Crippen molar-refractivity contribution in [3.63, 3.8) is 0 Å². The first kappa shape index (κ1) is 25.4. The van der Waals surface area contributed by atoms with E-state index >= 15 is 0 Å². The number of carbonyl (C=O) groups is 3. The Morgan fingerprint density at radius 3 is 2.62 bits per heavy atom. The van der Waals surface area contributed by atoms with Crippen LogP contribution in [0.2, 0.25) is 0 Å². The highest BCUT2D eigenvalue weighted by Crippen LogP contribution is 2.42. The van der Waals surface area contributed by atoms with E-state index in [1.165, 1.54) is 17.1 Å². The van der Waals surface area contributed by atoms with E-state index in [-0.39, 0.29) is 48.2 Å². The molecule has 7 rings (SSSR count). The predicted molar refractivity (Wildman–Crippen MR) is 138 cm³/mol. The number of fused-ring (bicyclic) bond motifs is 9. The third-order valence-corrected chi connectivity index (χ3v) is 8.35. The number of amides is 3. The Morgan fingerprint density at radius 1 is 1.13 bits per heavy atom. The molecular formula is C27H33FN6O5. The van der Waals surface area contributed by atoms with Gasteiger partial charge in [0.1, 0.15) is 40.8 Å². The van der Waals surface area contributed by atoms with E-state index in [4.69, 9.17) is 9.84 Å². The Balaban J connectivity index is 1.45. The fourth-order valence-corrected chi connectivity index (χ4v) is 6.34. The Hall–Kier alpha value is -3.83. The molecule has 0 saturated carbocycles. The maximum atomic E-state index is 14.1. The molecule has 6 heterocycles. The molecule has 6 aliphatic heterocycles. The van der Waals surface area contributed by atoms with Gasteiger partial charge in [0.2, 0.25) is 5.91 Å². The SMILES string of the molecule is CCN1C[C@H](C)N2C(=C(O)C3C(=O)N4Cc5ccc(F)cc5OCCCC(=O)N5CCN(CC5)C(=N4)C32)C1=O. The van der Waals surface area contributed by atoms with Crippen molar-refractivity contribution in [2.45, 2.75) is 45.3 Å². The average molecular weight is 541 g/mol. The van der Waals surface area contributed by atoms with E-state index in [9.17, 15) is 23.9 Å². The molecule has 4 bridgehead atoms. The molecule has 0 spiro atoms. The van der Waals surface area contributed by atoms with Crippen LogP contribution >= 0.6 is 0 Å². The number of ether oxygens (including phenoxy) is 1. The van der Waals surface area contributed by atoms with Gasteiger partial charge >= 0.3 is 0 Å². The summed E-state index contributed by atoms with van der Waals surface area (Å²) in [6, 6.07) is 3.34. The van der Waals surface area contributed by atoms with Crippen LogP contribution in [0, 0.1) is 11.7 Å². The Labute approximate surface area is 226 Å². The number of halogens is 1. The minimum absolute atomic E-state index is 0.00720. The summed E-state index contributed by atoms with van der Waals surface area (Å²) >= 11 is 0. The van der Waals surface area contributed by atoms with Gasteiger partial charge in [0.25, 0.3) is 11.8 Å². The summed E-state index contributed by atoms with van der Waals surface area (Å²) in [6.07, 6.45) is 0.810. The van der Waals surface area contributed by atoms with Crippen LogP contribution in [0.25, 0.3) is 0 Å². The van der Waals surface area contributed by atoms with Crippen molar-refractivity contribution in [1.82, 2.24) is 24.6 Å². The number of carbonyl (C=O) groups excluding carboxylic acids is 3. The molecule has 2 fully saturated rings. The van der Waals surface area contributed by atoms with Crippen LogP contribution in [-0.4, -0.2) is 111 Å². The first-order valence-corrected chi connectivity index (χ1v) is 13.6. The fraction of sp³-hybridized carbons (Fsp3) is 0.556. The number of rotatable bonds is 1. The van der Waals surface area contributed by atoms with Gasteiger partial charge in [0.15, 0.2) is 0 Å². The van der Waals surface area contributed by atoms with Crippen molar-refractivity contribution in [3.8, 4) is 5.75 Å². The largest absolute Gasteiger partial charge is 0.509 e. The van der Waals surface area contributed by atoms with Gasteiger partial charge in [-0.05, 0) is 26.3 Å². The van der Waals surface area contributed by atoms with E-state index < -0.39 is 23.7 Å². The van der Waals surface area contributed by atoms with E-state index in [0.29, 0.717) is 63.5 Å². The van der Waals surface area contributed by atoms with Crippen molar-refractivity contribution < 1.29 is 28.6 Å². The smallest absolute Gasteiger partial charge is 0.273 e. The second-order valence-electron chi connectivity index (χ2n) is 10.7. The molecule has 3 amide bonds. The van der Waals surface area contributed by atoms with Crippen LogP contribution in [0.1, 0.15) is 32.3 Å². The molecule has 0 radical (unpaired) electrons. The first-order valence-electron chi connectivity index (χ1n) is 13.6. The quantitative estimate of drug-likeness (QED) is 0.569. The van der Waals surface area contributed by atoms with Crippen LogP contribution < -0.4 is 4.74 Å². The van der Waals surface area contributed by atoms with Gasteiger partial charge in [-0.25, -0.2) is 9.40 Å². The lowest BCUT2D eigenvalue weighted by Gasteiger charge is -2.47. The molecule has 2 unspecified atom stereocenters. The molecule has 208 valence electrons. The van der Waals surface area contributed by atoms with E-state index in [1.807, 2.05) is 23.6 Å². The summed E-state index contributed by atoms with van der Waals surface area (Å²) in [4.78, 5) is 47.6. The number of hydrazone groups is 1. The maximum Gasteiger partial charge on any atom is 0.273 e. The third kappa shape index (κ3) is 4.16. The Kier molecular flexibility index (Phi) is 6.35. The van der Waals surface area contributed by atoms with E-state index in [1.54, 1.807) is 11.0 Å². The normalized spacial score (nSPS) is 27.6. The number of aliphatic hydroxyl groups is 1. The van der Waals surface area contributed by atoms with Gasteiger partial charge in [0.05, 0.1) is 13.2 Å². The molecule has 39 heavy (non-hydrogen) atoms. The Morgan fingerprint density at radius 2 is 1.87 bits per heavy atom. The summed E-state index contributed by atoms with van der Waals surface area (Å²) in [6.45, 7) is 7.10. The minimum Gasteiger partial charge on any atom is -0.509 e. The van der Waals surface area contributed by atoms with Crippen molar-refractivity contribution in [2.75, 3.05) is 45.9 Å². The zero-order valence-electron chi connectivity index (χ0n) is 22.2. The van der Waals surface area contributed by atoms with Gasteiger partial charge < -0.3 is 29.4 Å². The number of amidine groups is 1. The third-order valence-electron chi connectivity index (χ3n) is 8.35. The van der Waals surface area contributed by atoms with Gasteiger partial charge in [-0.3, -0.25) is 14.4 Å². The molecule has 3 atom stereocenters. The van der Waals surface area contributed by atoms with Gasteiger partial charge in [0, 0.05) is 63.4 Å². The number of nitrogens with zero attached hydrogens (tertiary/aromatic N) is 6. The van der Waals surface area contributed by atoms with E-state index in [2.05, 4.69) is 4.90 Å². The molecule has 1 aromatic rings. The molecule has 0 aromatic heterocycles. The number of hydrogen-bond donors (Lipinski definition) is 1. The minimum atomic E-state index is -1.00. The second kappa shape index (κ2) is 9.73. The lowest BCUT2D eigenvalue weighted by Crippen LogP contribution is -2.63. The highest BCUT2D eigenvalue weighted by molar-refractivity contribution is 6.04. The van der Waals surface area contributed by atoms with Crippen molar-refractivity contribution in [1.29, 1.82) is 0 Å². The molecule has 6 aliphatic rings. The standard InChI is InChI=1S/C27H33FN6O5/c1-3-30-14-16(2)34-22-21(24(36)23(34)27(30)38)26(37)33-15-17-6-7-18(28)13-19(17)39-12-4-5-20(35)31-8-10-32(11-9-31)25(22)29-33/h6-7,13,16,21-22,36H,3-5,8-12,14-15H2,1-2H3/t16-,21?,22?/m0/s1. The van der Waals surface area contributed by atoms with Crippen molar-refractivity contribution in [3.05, 3.63) is 41.0 Å². The number of likely N-dealkylation sites (N-methyl/N-ethyl adjacent to an activating group) is 1.